The topological polar surface area (TPSA) is 146 Å². The van der Waals surface area contributed by atoms with Gasteiger partial charge in [-0.05, 0) is 35.7 Å². The highest BCUT2D eigenvalue weighted by Crippen LogP contribution is 2.26. The molecule has 0 amide bonds. The molecule has 0 saturated carbocycles. The van der Waals surface area contributed by atoms with Crippen LogP contribution in [0.25, 0.3) is 10.8 Å². The van der Waals surface area contributed by atoms with Crippen molar-refractivity contribution in [1.82, 2.24) is 15.0 Å². The molecule has 3 aromatic rings. The summed E-state index contributed by atoms with van der Waals surface area (Å²) in [5.74, 6) is 5.59. The number of ether oxygens (including phenoxy) is 1. The molecule has 0 bridgehead atoms. The van der Waals surface area contributed by atoms with E-state index in [0.717, 1.165) is 0 Å². The van der Waals surface area contributed by atoms with Gasteiger partial charge in [0.25, 0.3) is 10.0 Å². The molecule has 11 heteroatoms. The third-order valence-corrected chi connectivity index (χ3v) is 4.95. The van der Waals surface area contributed by atoms with Crippen LogP contribution < -0.4 is 20.3 Å². The third-order valence-electron chi connectivity index (χ3n) is 3.59. The minimum absolute atomic E-state index is 0.105. The second kappa shape index (κ2) is 8.86. The molecule has 3 rings (SSSR count). The van der Waals surface area contributed by atoms with Crippen molar-refractivity contribution < 1.29 is 18.1 Å². The molecule has 1 aromatic carbocycles. The fraction of sp³-hybridized carbons (Fsp3) is 0.118. The lowest BCUT2D eigenvalue weighted by Crippen LogP contribution is -2.70. The molecule has 0 aliphatic rings. The number of sulfonamides is 1. The summed E-state index contributed by atoms with van der Waals surface area (Å²) in [6, 6.07) is 7.89. The van der Waals surface area contributed by atoms with E-state index in [-0.39, 0.29) is 10.7 Å². The molecular formula is C17H18N7O3S+. The normalized spacial score (nSPS) is 12.0. The SMILES string of the molecule is N/N=C\C=[NH+]CCOc1nccc2cc(S(=O)(=O)Nc3ccncn3)ccc12. The molecule has 10 nitrogen and oxygen atoms in total. The van der Waals surface area contributed by atoms with Gasteiger partial charge in [0.05, 0.1) is 4.90 Å². The van der Waals surface area contributed by atoms with Crippen molar-refractivity contribution in [2.75, 3.05) is 17.9 Å². The molecule has 0 saturated heterocycles. The molecule has 0 radical (unpaired) electrons. The highest BCUT2D eigenvalue weighted by molar-refractivity contribution is 7.92. The lowest BCUT2D eigenvalue weighted by molar-refractivity contribution is -0.452. The second-order valence-electron chi connectivity index (χ2n) is 5.47. The quantitative estimate of drug-likeness (QED) is 0.196. The summed E-state index contributed by atoms with van der Waals surface area (Å²) in [6.45, 7) is 0.885. The van der Waals surface area contributed by atoms with Gasteiger partial charge in [0, 0.05) is 17.8 Å². The van der Waals surface area contributed by atoms with Crippen molar-refractivity contribution >= 4 is 39.0 Å². The van der Waals surface area contributed by atoms with Gasteiger partial charge in [0.2, 0.25) is 5.88 Å². The predicted octanol–water partition coefficient (Wildman–Crippen LogP) is -0.700. The number of aromatic nitrogens is 3. The summed E-state index contributed by atoms with van der Waals surface area (Å²) in [5, 5.41) is 4.72. The second-order valence-corrected chi connectivity index (χ2v) is 7.15. The maximum atomic E-state index is 12.6. The van der Waals surface area contributed by atoms with Crippen LogP contribution >= 0.6 is 0 Å². The van der Waals surface area contributed by atoms with E-state index >= 15 is 0 Å². The number of hydrogen-bond donors (Lipinski definition) is 3. The van der Waals surface area contributed by atoms with Gasteiger partial charge >= 0.3 is 0 Å². The fourth-order valence-corrected chi connectivity index (χ4v) is 3.39. The van der Waals surface area contributed by atoms with E-state index in [4.69, 9.17) is 10.6 Å². The Kier molecular flexibility index (Phi) is 6.07. The fourth-order valence-electron chi connectivity index (χ4n) is 2.34. The van der Waals surface area contributed by atoms with Gasteiger partial charge < -0.3 is 10.6 Å². The van der Waals surface area contributed by atoms with E-state index in [1.807, 2.05) is 0 Å². The molecule has 0 atom stereocenters. The van der Waals surface area contributed by atoms with Gasteiger partial charge in [0.1, 0.15) is 25.0 Å². The number of rotatable bonds is 8. The van der Waals surface area contributed by atoms with E-state index in [2.05, 4.69) is 29.8 Å². The minimum atomic E-state index is -3.79. The van der Waals surface area contributed by atoms with Crippen molar-refractivity contribution in [3.05, 3.63) is 49.1 Å². The van der Waals surface area contributed by atoms with Crippen LogP contribution in [0.15, 0.2) is 59.0 Å². The number of hydrazone groups is 1. The molecular weight excluding hydrogens is 382 g/mol. The van der Waals surface area contributed by atoms with Crippen LogP contribution in [-0.4, -0.2) is 49.0 Å². The van der Waals surface area contributed by atoms with Crippen LogP contribution in [0.2, 0.25) is 0 Å². The summed E-state index contributed by atoms with van der Waals surface area (Å²) in [6.07, 6.45) is 7.31. The standard InChI is InChI=1S/C17H17N7O3S/c18-23-8-7-19-9-10-27-17-15-2-1-14(11-13(15)3-6-21-17)28(25,26)24-16-4-5-20-12-22-16/h1-8,11-12H,9-10,18H2,(H,20,22,24)/p+1/b19-7?,23-8-. The summed E-state index contributed by atoms with van der Waals surface area (Å²) in [4.78, 5) is 14.9. The van der Waals surface area contributed by atoms with E-state index in [1.54, 1.807) is 30.6 Å². The first-order valence-electron chi connectivity index (χ1n) is 8.19. The number of pyridine rings is 1. The third kappa shape index (κ3) is 4.76. The predicted molar refractivity (Wildman–Crippen MR) is 105 cm³/mol. The lowest BCUT2D eigenvalue weighted by atomic mass is 10.2. The van der Waals surface area contributed by atoms with Crippen molar-refractivity contribution in [2.24, 2.45) is 10.9 Å². The summed E-state index contributed by atoms with van der Waals surface area (Å²) >= 11 is 0. The average molecular weight is 400 g/mol. The molecule has 144 valence electrons. The number of benzene rings is 1. The Hall–Kier alpha value is -3.60. The smallest absolute Gasteiger partial charge is 0.263 e. The van der Waals surface area contributed by atoms with E-state index < -0.39 is 10.0 Å². The van der Waals surface area contributed by atoms with Gasteiger partial charge in [-0.2, -0.15) is 5.10 Å². The zero-order valence-electron chi connectivity index (χ0n) is 14.7. The zero-order valence-corrected chi connectivity index (χ0v) is 15.5. The average Bonchev–Trinajstić information content (AvgIpc) is 2.70. The number of nitrogens with two attached hydrogens (primary N) is 1. The Bertz CT molecular complexity index is 1100. The Morgan fingerprint density at radius 3 is 2.89 bits per heavy atom. The Morgan fingerprint density at radius 1 is 1.21 bits per heavy atom. The first-order chi connectivity index (χ1) is 13.6. The summed E-state index contributed by atoms with van der Waals surface area (Å²) < 4.78 is 33.2. The molecule has 0 spiro atoms. The monoisotopic (exact) mass is 400 g/mol. The number of fused-ring (bicyclic) bond motifs is 1. The first kappa shape index (κ1) is 19.2. The Morgan fingerprint density at radius 2 is 2.11 bits per heavy atom. The molecule has 4 N–H and O–H groups in total. The first-order valence-corrected chi connectivity index (χ1v) is 9.67. The molecule has 0 unspecified atom stereocenters. The molecule has 2 heterocycles. The highest BCUT2D eigenvalue weighted by Gasteiger charge is 2.16. The highest BCUT2D eigenvalue weighted by atomic mass is 32.2. The van der Waals surface area contributed by atoms with Crippen LogP contribution in [-0.2, 0) is 10.0 Å². The van der Waals surface area contributed by atoms with Crippen LogP contribution in [0.4, 0.5) is 5.82 Å². The number of nitrogens with zero attached hydrogens (tertiary/aromatic N) is 4. The van der Waals surface area contributed by atoms with Gasteiger partial charge in [0.15, 0.2) is 12.8 Å². The van der Waals surface area contributed by atoms with E-state index in [9.17, 15) is 8.42 Å². The number of hydrogen-bond acceptors (Lipinski definition) is 8. The van der Waals surface area contributed by atoms with Crippen LogP contribution in [0.3, 0.4) is 0 Å². The molecule has 28 heavy (non-hydrogen) atoms. The van der Waals surface area contributed by atoms with Crippen LogP contribution in [0, 0.1) is 0 Å². The van der Waals surface area contributed by atoms with Crippen LogP contribution in [0.5, 0.6) is 5.88 Å². The molecule has 0 aliphatic carbocycles. The number of nitrogens with one attached hydrogen (secondary N) is 2. The van der Waals surface area contributed by atoms with E-state index in [1.165, 1.54) is 30.9 Å². The summed E-state index contributed by atoms with van der Waals surface area (Å²) in [5.41, 5.74) is 0. The van der Waals surface area contributed by atoms with Crippen molar-refractivity contribution in [3.63, 3.8) is 0 Å². The van der Waals surface area contributed by atoms with Crippen molar-refractivity contribution in [1.29, 1.82) is 0 Å². The van der Waals surface area contributed by atoms with Crippen LogP contribution in [0.1, 0.15) is 0 Å². The molecule has 0 aliphatic heterocycles. The maximum Gasteiger partial charge on any atom is 0.263 e. The largest absolute Gasteiger partial charge is 0.470 e. The minimum Gasteiger partial charge on any atom is -0.470 e. The van der Waals surface area contributed by atoms with Gasteiger partial charge in [-0.25, -0.2) is 28.4 Å². The Labute approximate surface area is 161 Å². The lowest BCUT2D eigenvalue weighted by Gasteiger charge is -2.10. The molecule has 2 aromatic heterocycles. The van der Waals surface area contributed by atoms with Gasteiger partial charge in [-0.1, -0.05) is 0 Å². The zero-order chi connectivity index (χ0) is 19.8. The molecule has 0 fully saturated rings. The van der Waals surface area contributed by atoms with Crippen molar-refractivity contribution in [3.8, 4) is 5.88 Å². The van der Waals surface area contributed by atoms with Gasteiger partial charge in [-0.15, -0.1) is 0 Å². The van der Waals surface area contributed by atoms with E-state index in [0.29, 0.717) is 29.8 Å². The summed E-state index contributed by atoms with van der Waals surface area (Å²) in [7, 11) is -3.79. The Balaban J connectivity index is 1.78. The maximum absolute atomic E-state index is 12.6. The van der Waals surface area contributed by atoms with Gasteiger partial charge in [-0.3, -0.25) is 4.72 Å². The van der Waals surface area contributed by atoms with Crippen molar-refractivity contribution in [2.45, 2.75) is 4.90 Å². The number of anilines is 1.